The number of nitro groups is 1. The number of hydrogen-bond acceptors (Lipinski definition) is 5. The van der Waals surface area contributed by atoms with Gasteiger partial charge in [-0.15, -0.1) is 11.3 Å². The Bertz CT molecular complexity index is 715. The van der Waals surface area contributed by atoms with Gasteiger partial charge in [-0.2, -0.15) is 0 Å². The van der Waals surface area contributed by atoms with Gasteiger partial charge < -0.3 is 0 Å². The lowest BCUT2D eigenvalue weighted by Gasteiger charge is -2.03. The van der Waals surface area contributed by atoms with Crippen LogP contribution >= 0.6 is 11.3 Å². The van der Waals surface area contributed by atoms with Crippen LogP contribution in [0.4, 0.5) is 15.2 Å². The topological polar surface area (TPSA) is 85.1 Å². The van der Waals surface area contributed by atoms with Crippen molar-refractivity contribution in [3.63, 3.8) is 0 Å². The highest BCUT2D eigenvalue weighted by Gasteiger charge is 2.18. The van der Waals surface area contributed by atoms with E-state index in [-0.39, 0.29) is 11.3 Å². The number of rotatable bonds is 4. The van der Waals surface area contributed by atoms with Gasteiger partial charge in [-0.1, -0.05) is 6.92 Å². The van der Waals surface area contributed by atoms with Crippen LogP contribution in [0, 0.1) is 22.9 Å². The van der Waals surface area contributed by atoms with Gasteiger partial charge >= 0.3 is 0 Å². The van der Waals surface area contributed by atoms with Gasteiger partial charge in [0.1, 0.15) is 5.82 Å². The highest BCUT2D eigenvalue weighted by Crippen LogP contribution is 2.24. The molecule has 0 saturated carbocycles. The van der Waals surface area contributed by atoms with Crippen LogP contribution in [0.5, 0.6) is 0 Å². The second-order valence-electron chi connectivity index (χ2n) is 4.25. The number of aromatic nitrogens is 1. The molecule has 1 aromatic carbocycles. The van der Waals surface area contributed by atoms with E-state index in [9.17, 15) is 19.3 Å². The quantitative estimate of drug-likeness (QED) is 0.693. The minimum atomic E-state index is -0.818. The van der Waals surface area contributed by atoms with Crippen LogP contribution in [0.25, 0.3) is 0 Å². The molecule has 0 bridgehead atoms. The SMILES string of the molecule is CCc1nc(NC(=O)c2cc([N+](=O)[O-])ccc2F)sc1C. The van der Waals surface area contributed by atoms with Crippen molar-refractivity contribution in [1.29, 1.82) is 0 Å². The Hall–Kier alpha value is -2.35. The Morgan fingerprint density at radius 3 is 2.81 bits per heavy atom. The monoisotopic (exact) mass is 309 g/mol. The van der Waals surface area contributed by atoms with E-state index in [1.807, 2.05) is 13.8 Å². The minimum absolute atomic E-state index is 0.342. The van der Waals surface area contributed by atoms with E-state index in [1.165, 1.54) is 11.3 Å². The van der Waals surface area contributed by atoms with Gasteiger partial charge in [-0.05, 0) is 19.4 Å². The zero-order chi connectivity index (χ0) is 15.6. The Balaban J connectivity index is 2.27. The van der Waals surface area contributed by atoms with Crippen LogP contribution in [0.3, 0.4) is 0 Å². The molecule has 0 aliphatic carbocycles. The Kier molecular flexibility index (Phi) is 4.27. The number of non-ortho nitro benzene ring substituents is 1. The summed E-state index contributed by atoms with van der Waals surface area (Å²) in [6.45, 7) is 3.81. The number of nitro benzene ring substituents is 1. The molecule has 8 heteroatoms. The number of amides is 1. The normalized spacial score (nSPS) is 10.4. The standard InChI is InChI=1S/C13H12FN3O3S/c1-3-11-7(2)21-13(15-11)16-12(18)9-6-8(17(19)20)4-5-10(9)14/h4-6H,3H2,1-2H3,(H,15,16,18). The van der Waals surface area contributed by atoms with Crippen LogP contribution in [0.2, 0.25) is 0 Å². The number of carbonyl (C=O) groups is 1. The Labute approximate surface area is 123 Å². The number of aryl methyl sites for hydroxylation is 2. The summed E-state index contributed by atoms with van der Waals surface area (Å²) in [7, 11) is 0. The summed E-state index contributed by atoms with van der Waals surface area (Å²) in [5.74, 6) is -1.57. The fraction of sp³-hybridized carbons (Fsp3) is 0.231. The first-order valence-corrected chi connectivity index (χ1v) is 6.95. The van der Waals surface area contributed by atoms with Gasteiger partial charge in [0.25, 0.3) is 11.6 Å². The Morgan fingerprint density at radius 1 is 1.52 bits per heavy atom. The first-order valence-electron chi connectivity index (χ1n) is 6.14. The predicted molar refractivity (Wildman–Crippen MR) is 77.2 cm³/mol. The zero-order valence-corrected chi connectivity index (χ0v) is 12.2. The molecular weight excluding hydrogens is 297 g/mol. The highest BCUT2D eigenvalue weighted by atomic mass is 32.1. The van der Waals surface area contributed by atoms with E-state index in [1.54, 1.807) is 0 Å². The molecule has 1 aromatic heterocycles. The Morgan fingerprint density at radius 2 is 2.24 bits per heavy atom. The van der Waals surface area contributed by atoms with E-state index in [2.05, 4.69) is 10.3 Å². The molecule has 2 aromatic rings. The van der Waals surface area contributed by atoms with Crippen molar-refractivity contribution in [3.8, 4) is 0 Å². The van der Waals surface area contributed by atoms with Crippen molar-refractivity contribution >= 4 is 28.1 Å². The molecule has 0 aliphatic rings. The third-order valence-corrected chi connectivity index (χ3v) is 3.78. The van der Waals surface area contributed by atoms with Crippen LogP contribution in [0.15, 0.2) is 18.2 Å². The number of hydrogen-bond donors (Lipinski definition) is 1. The molecule has 110 valence electrons. The maximum atomic E-state index is 13.6. The molecule has 0 fully saturated rings. The number of nitrogens with zero attached hydrogens (tertiary/aromatic N) is 2. The van der Waals surface area contributed by atoms with Crippen molar-refractivity contribution in [2.24, 2.45) is 0 Å². The van der Waals surface area contributed by atoms with Crippen LogP contribution < -0.4 is 5.32 Å². The molecule has 1 N–H and O–H groups in total. The minimum Gasteiger partial charge on any atom is -0.298 e. The summed E-state index contributed by atoms with van der Waals surface area (Å²) >= 11 is 1.28. The zero-order valence-electron chi connectivity index (χ0n) is 11.3. The molecule has 0 saturated heterocycles. The van der Waals surface area contributed by atoms with E-state index in [0.717, 1.165) is 35.2 Å². The van der Waals surface area contributed by atoms with Crippen LogP contribution in [-0.4, -0.2) is 15.8 Å². The van der Waals surface area contributed by atoms with E-state index < -0.39 is 16.6 Å². The smallest absolute Gasteiger partial charge is 0.270 e. The summed E-state index contributed by atoms with van der Waals surface area (Å²) in [5, 5.41) is 13.5. The molecule has 1 amide bonds. The fourth-order valence-electron chi connectivity index (χ4n) is 1.77. The van der Waals surface area contributed by atoms with E-state index in [0.29, 0.717) is 5.13 Å². The largest absolute Gasteiger partial charge is 0.298 e. The van der Waals surface area contributed by atoms with Gasteiger partial charge in [0.05, 0.1) is 16.2 Å². The first kappa shape index (κ1) is 15.0. The van der Waals surface area contributed by atoms with Crippen molar-refractivity contribution in [1.82, 2.24) is 4.98 Å². The third kappa shape index (κ3) is 3.22. The number of nitrogens with one attached hydrogen (secondary N) is 1. The number of benzene rings is 1. The molecular formula is C13H12FN3O3S. The van der Waals surface area contributed by atoms with Crippen LogP contribution in [0.1, 0.15) is 27.9 Å². The predicted octanol–water partition coefficient (Wildman–Crippen LogP) is 3.31. The van der Waals surface area contributed by atoms with Crippen molar-refractivity contribution in [3.05, 3.63) is 50.3 Å². The van der Waals surface area contributed by atoms with Gasteiger partial charge in [-0.3, -0.25) is 20.2 Å². The highest BCUT2D eigenvalue weighted by molar-refractivity contribution is 7.15. The molecule has 1 heterocycles. The first-order chi connectivity index (χ1) is 9.92. The van der Waals surface area contributed by atoms with Gasteiger partial charge in [-0.25, -0.2) is 9.37 Å². The lowest BCUT2D eigenvalue weighted by atomic mass is 10.2. The molecule has 6 nitrogen and oxygen atoms in total. The summed E-state index contributed by atoms with van der Waals surface area (Å²) < 4.78 is 13.6. The summed E-state index contributed by atoms with van der Waals surface area (Å²) in [6.07, 6.45) is 0.726. The van der Waals surface area contributed by atoms with Gasteiger partial charge in [0.15, 0.2) is 5.13 Å². The average Bonchev–Trinajstić information content (AvgIpc) is 2.78. The second-order valence-corrected chi connectivity index (χ2v) is 5.45. The molecule has 2 rings (SSSR count). The third-order valence-electron chi connectivity index (χ3n) is 2.85. The van der Waals surface area contributed by atoms with E-state index in [4.69, 9.17) is 0 Å². The maximum absolute atomic E-state index is 13.6. The number of halogens is 1. The number of carbonyl (C=O) groups excluding carboxylic acids is 1. The molecule has 0 spiro atoms. The lowest BCUT2D eigenvalue weighted by molar-refractivity contribution is -0.384. The van der Waals surface area contributed by atoms with Crippen molar-refractivity contribution < 1.29 is 14.1 Å². The molecule has 0 atom stereocenters. The molecule has 0 aliphatic heterocycles. The molecule has 0 radical (unpaired) electrons. The average molecular weight is 309 g/mol. The van der Waals surface area contributed by atoms with Gasteiger partial charge in [0, 0.05) is 17.0 Å². The summed E-state index contributed by atoms with van der Waals surface area (Å²) in [6, 6.07) is 2.82. The maximum Gasteiger partial charge on any atom is 0.270 e. The summed E-state index contributed by atoms with van der Waals surface area (Å²) in [5.41, 5.74) is 0.135. The molecule has 0 unspecified atom stereocenters. The van der Waals surface area contributed by atoms with E-state index >= 15 is 0 Å². The van der Waals surface area contributed by atoms with Crippen molar-refractivity contribution in [2.75, 3.05) is 5.32 Å². The van der Waals surface area contributed by atoms with Gasteiger partial charge in [0.2, 0.25) is 0 Å². The second kappa shape index (κ2) is 5.96. The summed E-state index contributed by atoms with van der Waals surface area (Å²) in [4.78, 5) is 27.2. The fourth-order valence-corrected chi connectivity index (χ4v) is 2.67. The van der Waals surface area contributed by atoms with Crippen LogP contribution in [-0.2, 0) is 6.42 Å². The van der Waals surface area contributed by atoms with Crippen molar-refractivity contribution in [2.45, 2.75) is 20.3 Å². The number of thiazole rings is 1. The molecule has 21 heavy (non-hydrogen) atoms. The lowest BCUT2D eigenvalue weighted by Crippen LogP contribution is -2.14. The number of anilines is 1.